The van der Waals surface area contributed by atoms with Crippen LogP contribution in [0.3, 0.4) is 0 Å². The zero-order valence-corrected chi connectivity index (χ0v) is 16.3. The Morgan fingerprint density at radius 3 is 2.59 bits per heavy atom. The smallest absolute Gasteiger partial charge is 0.160 e. The highest BCUT2D eigenvalue weighted by atomic mass is 32.2. The topological polar surface area (TPSA) is 33.4 Å². The van der Waals surface area contributed by atoms with Gasteiger partial charge in [-0.1, -0.05) is 43.0 Å². The molecule has 3 aromatic rings. The normalized spacial score (nSPS) is 24.1. The number of aryl methyl sites for hydroxylation is 1. The summed E-state index contributed by atoms with van der Waals surface area (Å²) in [6.45, 7) is 5.47. The van der Waals surface area contributed by atoms with Gasteiger partial charge in [0.2, 0.25) is 0 Å². The van der Waals surface area contributed by atoms with E-state index in [0.29, 0.717) is 5.25 Å². The summed E-state index contributed by atoms with van der Waals surface area (Å²) in [4.78, 5) is 12.2. The third-order valence-electron chi connectivity index (χ3n) is 5.30. The van der Waals surface area contributed by atoms with Crippen molar-refractivity contribution in [1.82, 2.24) is 14.5 Å². The standard InChI is InChI=1S/C22H22N4S/c1-15-11-12-19(26(15)17-8-4-3-5-9-17)21-20(18-10-6-7-13-23-18)24-22-25(21)14-16(2)27-22/h3-13,16,20-21H,14H2,1-2H3/t16-,20+,21+/m0/s1. The minimum absolute atomic E-state index is 0.0259. The molecule has 136 valence electrons. The van der Waals surface area contributed by atoms with E-state index in [9.17, 15) is 0 Å². The van der Waals surface area contributed by atoms with Crippen molar-refractivity contribution in [1.29, 1.82) is 0 Å². The molecule has 27 heavy (non-hydrogen) atoms. The van der Waals surface area contributed by atoms with Crippen molar-refractivity contribution in [3.05, 3.63) is 83.9 Å². The average molecular weight is 375 g/mol. The largest absolute Gasteiger partial charge is 0.339 e. The zero-order valence-electron chi connectivity index (χ0n) is 15.5. The van der Waals surface area contributed by atoms with E-state index in [1.54, 1.807) is 0 Å². The van der Waals surface area contributed by atoms with E-state index in [2.05, 4.69) is 82.9 Å². The van der Waals surface area contributed by atoms with E-state index < -0.39 is 0 Å². The molecule has 1 fully saturated rings. The Labute approximate surface area is 164 Å². The molecule has 0 saturated carbocycles. The molecule has 4 nitrogen and oxygen atoms in total. The molecule has 2 aliphatic heterocycles. The number of benzene rings is 1. The molecular formula is C22H22N4S. The van der Waals surface area contributed by atoms with Crippen molar-refractivity contribution in [2.75, 3.05) is 6.54 Å². The van der Waals surface area contributed by atoms with Crippen LogP contribution >= 0.6 is 11.8 Å². The minimum Gasteiger partial charge on any atom is -0.339 e. The zero-order chi connectivity index (χ0) is 18.4. The van der Waals surface area contributed by atoms with Crippen molar-refractivity contribution in [2.45, 2.75) is 31.2 Å². The summed E-state index contributed by atoms with van der Waals surface area (Å²) in [6.07, 6.45) is 1.87. The van der Waals surface area contributed by atoms with Gasteiger partial charge in [0.1, 0.15) is 6.04 Å². The molecule has 3 atom stereocenters. The quantitative estimate of drug-likeness (QED) is 0.662. The third-order valence-corrected chi connectivity index (χ3v) is 6.41. The van der Waals surface area contributed by atoms with Gasteiger partial charge in [-0.2, -0.15) is 0 Å². The fourth-order valence-corrected chi connectivity index (χ4v) is 5.25. The molecule has 2 aliphatic rings. The highest BCUT2D eigenvalue weighted by Gasteiger charge is 2.44. The molecule has 2 aromatic heterocycles. The molecule has 0 spiro atoms. The molecule has 1 saturated heterocycles. The van der Waals surface area contributed by atoms with E-state index in [1.807, 2.05) is 24.0 Å². The van der Waals surface area contributed by atoms with Crippen LogP contribution in [0.25, 0.3) is 5.69 Å². The van der Waals surface area contributed by atoms with Crippen LogP contribution in [-0.4, -0.2) is 31.4 Å². The molecule has 0 unspecified atom stereocenters. The van der Waals surface area contributed by atoms with Gasteiger partial charge in [0.25, 0.3) is 0 Å². The maximum absolute atomic E-state index is 5.10. The monoisotopic (exact) mass is 374 g/mol. The third kappa shape index (κ3) is 2.77. The number of aliphatic imine (C=N–C) groups is 1. The van der Waals surface area contributed by atoms with Crippen LogP contribution < -0.4 is 0 Å². The molecule has 0 aliphatic carbocycles. The van der Waals surface area contributed by atoms with Crippen molar-refractivity contribution >= 4 is 16.9 Å². The van der Waals surface area contributed by atoms with Crippen LogP contribution in [0.2, 0.25) is 0 Å². The van der Waals surface area contributed by atoms with Crippen molar-refractivity contribution in [3.63, 3.8) is 0 Å². The second-order valence-electron chi connectivity index (χ2n) is 7.21. The number of rotatable bonds is 3. The fraction of sp³-hybridized carbons (Fsp3) is 0.273. The van der Waals surface area contributed by atoms with Crippen molar-refractivity contribution in [2.24, 2.45) is 4.99 Å². The van der Waals surface area contributed by atoms with Crippen LogP contribution in [0, 0.1) is 6.92 Å². The van der Waals surface area contributed by atoms with E-state index >= 15 is 0 Å². The molecule has 4 heterocycles. The Bertz CT molecular complexity index is 980. The Morgan fingerprint density at radius 1 is 1.00 bits per heavy atom. The Kier molecular flexibility index (Phi) is 4.05. The maximum atomic E-state index is 5.10. The number of thioether (sulfide) groups is 1. The van der Waals surface area contributed by atoms with Crippen LogP contribution in [-0.2, 0) is 0 Å². The molecular weight excluding hydrogens is 352 g/mol. The molecule has 0 radical (unpaired) electrons. The van der Waals surface area contributed by atoms with Crippen LogP contribution in [0.4, 0.5) is 0 Å². The Balaban J connectivity index is 1.65. The predicted molar refractivity (Wildman–Crippen MR) is 111 cm³/mol. The minimum atomic E-state index is 0.0259. The number of pyridine rings is 1. The Morgan fingerprint density at radius 2 is 1.81 bits per heavy atom. The first-order valence-corrected chi connectivity index (χ1v) is 10.3. The van der Waals surface area contributed by atoms with E-state index in [0.717, 1.165) is 17.4 Å². The molecule has 0 N–H and O–H groups in total. The maximum Gasteiger partial charge on any atom is 0.160 e. The highest BCUT2D eigenvalue weighted by Crippen LogP contribution is 2.48. The summed E-state index contributed by atoms with van der Waals surface area (Å²) < 4.78 is 2.37. The van der Waals surface area contributed by atoms with Crippen molar-refractivity contribution < 1.29 is 0 Å². The van der Waals surface area contributed by atoms with Gasteiger partial charge in [0.05, 0.1) is 11.7 Å². The second-order valence-corrected chi connectivity index (χ2v) is 8.61. The summed E-state index contributed by atoms with van der Waals surface area (Å²) in [5, 5.41) is 1.72. The van der Waals surface area contributed by atoms with E-state index in [1.165, 1.54) is 17.1 Å². The first-order chi connectivity index (χ1) is 13.2. The molecule has 1 aromatic carbocycles. The van der Waals surface area contributed by atoms with Gasteiger partial charge in [-0.15, -0.1) is 0 Å². The number of fused-ring (bicyclic) bond motifs is 1. The number of aromatic nitrogens is 2. The predicted octanol–water partition coefficient (Wildman–Crippen LogP) is 4.77. The SMILES string of the molecule is Cc1ccc([C@@H]2[C@@H](c3ccccn3)N=C3S[C@@H](C)CN32)n1-c1ccccc1. The highest BCUT2D eigenvalue weighted by molar-refractivity contribution is 8.14. The lowest BCUT2D eigenvalue weighted by atomic mass is 10.0. The number of hydrogen-bond acceptors (Lipinski definition) is 4. The number of hydrogen-bond donors (Lipinski definition) is 0. The van der Waals surface area contributed by atoms with Crippen molar-refractivity contribution in [3.8, 4) is 5.69 Å². The first kappa shape index (κ1) is 16.6. The van der Waals surface area contributed by atoms with Gasteiger partial charge in [-0.3, -0.25) is 9.98 Å². The molecule has 0 amide bonds. The summed E-state index contributed by atoms with van der Waals surface area (Å²) in [7, 11) is 0. The summed E-state index contributed by atoms with van der Waals surface area (Å²) in [5.74, 6) is 0. The van der Waals surface area contributed by atoms with Gasteiger partial charge in [0.15, 0.2) is 5.17 Å². The van der Waals surface area contributed by atoms with Gasteiger partial charge in [0, 0.05) is 35.1 Å². The summed E-state index contributed by atoms with van der Waals surface area (Å²) in [6, 6.07) is 21.4. The lowest BCUT2D eigenvalue weighted by Gasteiger charge is -2.28. The van der Waals surface area contributed by atoms with Gasteiger partial charge < -0.3 is 9.47 Å². The lowest BCUT2D eigenvalue weighted by Crippen LogP contribution is -2.30. The van der Waals surface area contributed by atoms with E-state index in [4.69, 9.17) is 4.99 Å². The average Bonchev–Trinajstić information content (AvgIpc) is 3.34. The van der Waals surface area contributed by atoms with E-state index in [-0.39, 0.29) is 12.1 Å². The number of amidine groups is 1. The van der Waals surface area contributed by atoms with Crippen LogP contribution in [0.5, 0.6) is 0 Å². The number of para-hydroxylation sites is 1. The number of nitrogens with zero attached hydrogens (tertiary/aromatic N) is 4. The van der Waals surface area contributed by atoms with Gasteiger partial charge in [-0.05, 0) is 43.3 Å². The summed E-state index contributed by atoms with van der Waals surface area (Å²) in [5.41, 5.74) is 4.76. The van der Waals surface area contributed by atoms with Crippen LogP contribution in [0.1, 0.15) is 36.1 Å². The first-order valence-electron chi connectivity index (χ1n) is 9.38. The second kappa shape index (κ2) is 6.57. The Hall–Kier alpha value is -2.53. The molecule has 5 rings (SSSR count). The molecule has 5 heteroatoms. The van der Waals surface area contributed by atoms with Crippen LogP contribution in [0.15, 0.2) is 71.9 Å². The fourth-order valence-electron chi connectivity index (χ4n) is 4.16. The van der Waals surface area contributed by atoms with Gasteiger partial charge >= 0.3 is 0 Å². The summed E-state index contributed by atoms with van der Waals surface area (Å²) >= 11 is 1.88. The molecule has 0 bridgehead atoms. The lowest BCUT2D eigenvalue weighted by molar-refractivity contribution is 0.312. The van der Waals surface area contributed by atoms with Gasteiger partial charge in [-0.25, -0.2) is 0 Å².